The monoisotopic (exact) mass is 338 g/mol. The zero-order valence-electron chi connectivity index (χ0n) is 7.87. The van der Waals surface area contributed by atoms with Gasteiger partial charge < -0.3 is 0 Å². The molecule has 0 radical (unpaired) electrons. The van der Waals surface area contributed by atoms with Crippen molar-refractivity contribution >= 4 is 22.6 Å². The Balaban J connectivity index is 2.54. The summed E-state index contributed by atoms with van der Waals surface area (Å²) >= 11 is 1.98. The minimum Gasteiger partial charge on any atom is -0.240 e. The lowest BCUT2D eigenvalue weighted by Gasteiger charge is -2.10. The van der Waals surface area contributed by atoms with E-state index in [2.05, 4.69) is 5.10 Å². The maximum Gasteiger partial charge on any atom is 0.416 e. The van der Waals surface area contributed by atoms with Crippen molar-refractivity contribution in [3.63, 3.8) is 0 Å². The van der Waals surface area contributed by atoms with Crippen LogP contribution in [0.15, 0.2) is 36.7 Å². The SMILES string of the molecule is FC(F)(F)c1ccc(I)c(-n2cccn2)c1. The highest BCUT2D eigenvalue weighted by molar-refractivity contribution is 14.1. The molecule has 0 N–H and O–H groups in total. The lowest BCUT2D eigenvalue weighted by atomic mass is 10.2. The smallest absolute Gasteiger partial charge is 0.240 e. The molecule has 0 atom stereocenters. The molecule has 1 heterocycles. The Labute approximate surface area is 103 Å². The Kier molecular flexibility index (Phi) is 2.92. The molecule has 0 spiro atoms. The van der Waals surface area contributed by atoms with Gasteiger partial charge >= 0.3 is 6.18 Å². The molecule has 2 rings (SSSR count). The fourth-order valence-electron chi connectivity index (χ4n) is 1.28. The van der Waals surface area contributed by atoms with Crippen LogP contribution in [0.2, 0.25) is 0 Å². The first kappa shape index (κ1) is 11.4. The van der Waals surface area contributed by atoms with E-state index in [0.717, 1.165) is 12.1 Å². The average molecular weight is 338 g/mol. The molecule has 0 saturated heterocycles. The summed E-state index contributed by atoms with van der Waals surface area (Å²) in [7, 11) is 0. The van der Waals surface area contributed by atoms with E-state index in [4.69, 9.17) is 0 Å². The Morgan fingerprint density at radius 2 is 2.00 bits per heavy atom. The van der Waals surface area contributed by atoms with Crippen LogP contribution in [0.1, 0.15) is 5.56 Å². The number of aromatic nitrogens is 2. The van der Waals surface area contributed by atoms with E-state index in [1.807, 2.05) is 22.6 Å². The molecule has 0 fully saturated rings. The molecule has 0 saturated carbocycles. The van der Waals surface area contributed by atoms with E-state index in [0.29, 0.717) is 9.26 Å². The van der Waals surface area contributed by atoms with E-state index in [-0.39, 0.29) is 0 Å². The third-order valence-corrected chi connectivity index (χ3v) is 2.94. The van der Waals surface area contributed by atoms with Crippen LogP contribution >= 0.6 is 22.6 Å². The standard InChI is InChI=1S/C10H6F3IN2/c11-10(12,13)7-2-3-8(14)9(6-7)16-5-1-4-15-16/h1-6H. The lowest BCUT2D eigenvalue weighted by molar-refractivity contribution is -0.137. The largest absolute Gasteiger partial charge is 0.416 e. The van der Waals surface area contributed by atoms with Crippen molar-refractivity contribution in [1.29, 1.82) is 0 Å². The van der Waals surface area contributed by atoms with Crippen LogP contribution in [0, 0.1) is 3.57 Å². The predicted molar refractivity (Wildman–Crippen MR) is 61.3 cm³/mol. The topological polar surface area (TPSA) is 17.8 Å². The Hall–Kier alpha value is -1.05. The number of alkyl halides is 3. The molecular weight excluding hydrogens is 332 g/mol. The second kappa shape index (κ2) is 4.08. The van der Waals surface area contributed by atoms with Gasteiger partial charge in [0.25, 0.3) is 0 Å². The van der Waals surface area contributed by atoms with Crippen molar-refractivity contribution in [3.05, 3.63) is 45.8 Å². The molecule has 0 bridgehead atoms. The molecule has 84 valence electrons. The highest BCUT2D eigenvalue weighted by Gasteiger charge is 2.31. The van der Waals surface area contributed by atoms with Gasteiger partial charge in [0.2, 0.25) is 0 Å². The molecule has 0 aliphatic carbocycles. The first-order valence-corrected chi connectivity index (χ1v) is 5.43. The normalized spacial score (nSPS) is 11.8. The third kappa shape index (κ3) is 2.21. The van der Waals surface area contributed by atoms with Gasteiger partial charge in [-0.3, -0.25) is 0 Å². The Bertz CT molecular complexity index is 491. The highest BCUT2D eigenvalue weighted by Crippen LogP contribution is 2.31. The number of benzene rings is 1. The van der Waals surface area contributed by atoms with Crippen LogP contribution in [-0.4, -0.2) is 9.78 Å². The van der Waals surface area contributed by atoms with E-state index < -0.39 is 11.7 Å². The number of hydrogen-bond donors (Lipinski definition) is 0. The van der Waals surface area contributed by atoms with Crippen LogP contribution in [0.25, 0.3) is 5.69 Å². The molecule has 0 unspecified atom stereocenters. The zero-order valence-corrected chi connectivity index (χ0v) is 10.0. The highest BCUT2D eigenvalue weighted by atomic mass is 127. The Morgan fingerprint density at radius 3 is 2.56 bits per heavy atom. The van der Waals surface area contributed by atoms with E-state index in [1.54, 1.807) is 12.3 Å². The summed E-state index contributed by atoms with van der Waals surface area (Å²) in [4.78, 5) is 0. The number of hydrogen-bond acceptors (Lipinski definition) is 1. The quantitative estimate of drug-likeness (QED) is 0.728. The summed E-state index contributed by atoms with van der Waals surface area (Å²) < 4.78 is 39.7. The molecule has 2 nitrogen and oxygen atoms in total. The van der Waals surface area contributed by atoms with E-state index in [1.165, 1.54) is 16.9 Å². The molecule has 2 aromatic rings. The number of nitrogens with zero attached hydrogens (tertiary/aromatic N) is 2. The van der Waals surface area contributed by atoms with Crippen LogP contribution < -0.4 is 0 Å². The second-order valence-electron chi connectivity index (χ2n) is 3.11. The first-order chi connectivity index (χ1) is 7.48. The summed E-state index contributed by atoms with van der Waals surface area (Å²) in [5, 5.41) is 3.92. The molecule has 0 aliphatic rings. The van der Waals surface area contributed by atoms with Gasteiger partial charge in [-0.1, -0.05) is 0 Å². The van der Waals surface area contributed by atoms with Crippen molar-refractivity contribution < 1.29 is 13.2 Å². The fourth-order valence-corrected chi connectivity index (χ4v) is 1.86. The van der Waals surface area contributed by atoms with Crippen molar-refractivity contribution in [3.8, 4) is 5.69 Å². The van der Waals surface area contributed by atoms with Crippen LogP contribution in [0.4, 0.5) is 13.2 Å². The van der Waals surface area contributed by atoms with Gasteiger partial charge in [0, 0.05) is 16.0 Å². The number of halogens is 4. The molecule has 6 heteroatoms. The minimum absolute atomic E-state index is 0.431. The molecule has 16 heavy (non-hydrogen) atoms. The molecule has 0 aliphatic heterocycles. The number of rotatable bonds is 1. The molecule has 0 amide bonds. The summed E-state index contributed by atoms with van der Waals surface area (Å²) in [5.74, 6) is 0. The maximum absolute atomic E-state index is 12.5. The predicted octanol–water partition coefficient (Wildman–Crippen LogP) is 3.50. The third-order valence-electron chi connectivity index (χ3n) is 2.02. The van der Waals surface area contributed by atoms with E-state index >= 15 is 0 Å². The van der Waals surface area contributed by atoms with Gasteiger partial charge in [0.05, 0.1) is 11.3 Å². The molecule has 1 aromatic heterocycles. The van der Waals surface area contributed by atoms with E-state index in [9.17, 15) is 13.2 Å². The maximum atomic E-state index is 12.5. The first-order valence-electron chi connectivity index (χ1n) is 4.35. The lowest BCUT2D eigenvalue weighted by Crippen LogP contribution is -2.07. The average Bonchev–Trinajstić information content (AvgIpc) is 2.69. The summed E-state index contributed by atoms with van der Waals surface area (Å²) in [6, 6.07) is 5.25. The fraction of sp³-hybridized carbons (Fsp3) is 0.100. The molecular formula is C10H6F3IN2. The summed E-state index contributed by atoms with van der Waals surface area (Å²) in [5.41, 5.74) is -0.237. The van der Waals surface area contributed by atoms with Gasteiger partial charge in [-0.15, -0.1) is 0 Å². The van der Waals surface area contributed by atoms with Crippen molar-refractivity contribution in [2.45, 2.75) is 6.18 Å². The second-order valence-corrected chi connectivity index (χ2v) is 4.28. The Morgan fingerprint density at radius 1 is 1.25 bits per heavy atom. The van der Waals surface area contributed by atoms with Crippen LogP contribution in [0.3, 0.4) is 0 Å². The van der Waals surface area contributed by atoms with Crippen LogP contribution in [0.5, 0.6) is 0 Å². The van der Waals surface area contributed by atoms with Crippen molar-refractivity contribution in [2.24, 2.45) is 0 Å². The molecule has 1 aromatic carbocycles. The summed E-state index contributed by atoms with van der Waals surface area (Å²) in [6.07, 6.45) is -1.19. The van der Waals surface area contributed by atoms with Gasteiger partial charge in [0.1, 0.15) is 0 Å². The van der Waals surface area contributed by atoms with Crippen LogP contribution in [-0.2, 0) is 6.18 Å². The van der Waals surface area contributed by atoms with Gasteiger partial charge in [-0.05, 0) is 46.9 Å². The summed E-state index contributed by atoms with van der Waals surface area (Å²) in [6.45, 7) is 0. The van der Waals surface area contributed by atoms with Gasteiger partial charge in [-0.25, -0.2) is 4.68 Å². The van der Waals surface area contributed by atoms with Gasteiger partial charge in [0.15, 0.2) is 0 Å². The zero-order chi connectivity index (χ0) is 11.8. The minimum atomic E-state index is -4.33. The van der Waals surface area contributed by atoms with Gasteiger partial charge in [-0.2, -0.15) is 18.3 Å². The van der Waals surface area contributed by atoms with Crippen molar-refractivity contribution in [2.75, 3.05) is 0 Å². The van der Waals surface area contributed by atoms with Crippen molar-refractivity contribution in [1.82, 2.24) is 9.78 Å².